The fourth-order valence-electron chi connectivity index (χ4n) is 2.43. The number of hydrogen-bond donors (Lipinski definition) is 3. The van der Waals surface area contributed by atoms with Gasteiger partial charge in [-0.1, -0.05) is 6.07 Å². The number of carbonyl (C=O) groups is 1. The molecule has 0 aromatic carbocycles. The Morgan fingerprint density at radius 2 is 2.17 bits per heavy atom. The van der Waals surface area contributed by atoms with Gasteiger partial charge in [-0.2, -0.15) is 0 Å². The molecular weight excluding hydrogens is 304 g/mol. The molecule has 2 heterocycles. The second-order valence-corrected chi connectivity index (χ2v) is 5.58. The molecule has 3 rings (SSSR count). The first-order valence-corrected chi connectivity index (χ1v) is 7.80. The van der Waals surface area contributed by atoms with Crippen molar-refractivity contribution in [2.45, 2.75) is 13.3 Å². The van der Waals surface area contributed by atoms with E-state index in [1.807, 2.05) is 24.4 Å². The number of allylic oxidation sites excluding steroid dienone is 3. The molecule has 0 aliphatic heterocycles. The molecule has 5 N–H and O–H groups in total. The summed E-state index contributed by atoms with van der Waals surface area (Å²) in [5.74, 6) is 0.575. The summed E-state index contributed by atoms with van der Waals surface area (Å²) in [5.41, 5.74) is 14.6. The molecular formula is C17H20N6O. The lowest BCUT2D eigenvalue weighted by Crippen LogP contribution is -2.17. The number of aliphatic imine (C=N–C) groups is 1. The van der Waals surface area contributed by atoms with Crippen LogP contribution in [0.4, 0.5) is 11.5 Å². The summed E-state index contributed by atoms with van der Waals surface area (Å²) in [6, 6.07) is 5.76. The summed E-state index contributed by atoms with van der Waals surface area (Å²) >= 11 is 0. The molecule has 2 aromatic heterocycles. The third kappa shape index (κ3) is 3.07. The van der Waals surface area contributed by atoms with Gasteiger partial charge in [-0.3, -0.25) is 4.79 Å². The number of nitrogens with one attached hydrogen (secondary N) is 1. The maximum Gasteiger partial charge on any atom is 0.183 e. The fraction of sp³-hybridized carbons (Fsp3) is 0.235. The molecule has 0 atom stereocenters. The third-order valence-electron chi connectivity index (χ3n) is 3.74. The van der Waals surface area contributed by atoms with Crippen LogP contribution in [0.2, 0.25) is 0 Å². The largest absolute Gasteiger partial charge is 0.397 e. The second-order valence-electron chi connectivity index (χ2n) is 5.58. The summed E-state index contributed by atoms with van der Waals surface area (Å²) in [5, 5.41) is 7.78. The van der Waals surface area contributed by atoms with Crippen LogP contribution in [-0.2, 0) is 4.79 Å². The van der Waals surface area contributed by atoms with Crippen LogP contribution in [0.15, 0.2) is 52.8 Å². The molecule has 0 radical (unpaired) electrons. The van der Waals surface area contributed by atoms with Gasteiger partial charge in [-0.15, -0.1) is 5.10 Å². The van der Waals surface area contributed by atoms with Gasteiger partial charge in [-0.25, -0.2) is 9.51 Å². The topological polar surface area (TPSA) is 111 Å². The molecule has 0 saturated heterocycles. The zero-order chi connectivity index (χ0) is 17.1. The van der Waals surface area contributed by atoms with Gasteiger partial charge in [0.2, 0.25) is 0 Å². The highest BCUT2D eigenvalue weighted by atomic mass is 16.1. The zero-order valence-electron chi connectivity index (χ0n) is 13.5. The van der Waals surface area contributed by atoms with Crippen LogP contribution in [-0.4, -0.2) is 34.2 Å². The van der Waals surface area contributed by atoms with Gasteiger partial charge in [0.25, 0.3) is 0 Å². The Kier molecular flexibility index (Phi) is 4.43. The molecule has 24 heavy (non-hydrogen) atoms. The normalized spacial score (nSPS) is 16.4. The van der Waals surface area contributed by atoms with Gasteiger partial charge < -0.3 is 16.8 Å². The highest BCUT2D eigenvalue weighted by Gasteiger charge is 2.17. The molecule has 0 fully saturated rings. The van der Waals surface area contributed by atoms with Crippen LogP contribution < -0.4 is 16.8 Å². The van der Waals surface area contributed by atoms with Crippen molar-refractivity contribution in [1.82, 2.24) is 9.61 Å². The van der Waals surface area contributed by atoms with E-state index in [9.17, 15) is 4.79 Å². The molecule has 0 saturated carbocycles. The summed E-state index contributed by atoms with van der Waals surface area (Å²) < 4.78 is 1.76. The van der Waals surface area contributed by atoms with Crippen molar-refractivity contribution in [3.63, 3.8) is 0 Å². The second kappa shape index (κ2) is 6.67. The monoisotopic (exact) mass is 324 g/mol. The molecule has 0 spiro atoms. The SMILES string of the molecule is CC1=CC(=Nc2c(NCCCN)nn3ccccc23)C(N)=CC1=O. The lowest BCUT2D eigenvalue weighted by molar-refractivity contribution is -0.111. The predicted molar refractivity (Wildman–Crippen MR) is 95.5 cm³/mol. The van der Waals surface area contributed by atoms with Crippen molar-refractivity contribution in [1.29, 1.82) is 0 Å². The van der Waals surface area contributed by atoms with Gasteiger partial charge in [0, 0.05) is 18.8 Å². The van der Waals surface area contributed by atoms with E-state index in [1.165, 1.54) is 6.08 Å². The van der Waals surface area contributed by atoms with E-state index < -0.39 is 0 Å². The summed E-state index contributed by atoms with van der Waals surface area (Å²) in [6.07, 6.45) is 5.80. The van der Waals surface area contributed by atoms with Crippen molar-refractivity contribution in [2.75, 3.05) is 18.4 Å². The predicted octanol–water partition coefficient (Wildman–Crippen LogP) is 1.54. The number of ketones is 1. The smallest absolute Gasteiger partial charge is 0.183 e. The molecule has 1 aliphatic carbocycles. The zero-order valence-corrected chi connectivity index (χ0v) is 13.5. The van der Waals surface area contributed by atoms with Crippen molar-refractivity contribution < 1.29 is 4.79 Å². The molecule has 0 amide bonds. The van der Waals surface area contributed by atoms with E-state index in [4.69, 9.17) is 11.5 Å². The van der Waals surface area contributed by atoms with Crippen LogP contribution in [0.1, 0.15) is 13.3 Å². The van der Waals surface area contributed by atoms with Gasteiger partial charge in [-0.05, 0) is 43.7 Å². The van der Waals surface area contributed by atoms with E-state index in [0.717, 1.165) is 11.9 Å². The number of nitrogens with zero attached hydrogens (tertiary/aromatic N) is 3. The van der Waals surface area contributed by atoms with Crippen LogP contribution in [0.5, 0.6) is 0 Å². The first kappa shape index (κ1) is 15.9. The number of fused-ring (bicyclic) bond motifs is 1. The molecule has 7 nitrogen and oxygen atoms in total. The highest BCUT2D eigenvalue weighted by Crippen LogP contribution is 2.30. The Morgan fingerprint density at radius 3 is 2.96 bits per heavy atom. The number of hydrogen-bond acceptors (Lipinski definition) is 6. The Balaban J connectivity index is 2.07. The minimum atomic E-state index is -0.0902. The Bertz CT molecular complexity index is 874. The number of carbonyl (C=O) groups excluding carboxylic acids is 1. The summed E-state index contributed by atoms with van der Waals surface area (Å²) in [7, 11) is 0. The molecule has 0 bridgehead atoms. The van der Waals surface area contributed by atoms with Crippen LogP contribution >= 0.6 is 0 Å². The number of rotatable bonds is 5. The minimum absolute atomic E-state index is 0.0902. The minimum Gasteiger partial charge on any atom is -0.397 e. The van der Waals surface area contributed by atoms with Gasteiger partial charge >= 0.3 is 0 Å². The maximum absolute atomic E-state index is 11.7. The van der Waals surface area contributed by atoms with Gasteiger partial charge in [0.15, 0.2) is 11.6 Å². The number of pyridine rings is 1. The molecule has 2 aromatic rings. The maximum atomic E-state index is 11.7. The third-order valence-corrected chi connectivity index (χ3v) is 3.74. The highest BCUT2D eigenvalue weighted by molar-refractivity contribution is 6.22. The van der Waals surface area contributed by atoms with Crippen molar-refractivity contribution >= 4 is 28.5 Å². The van der Waals surface area contributed by atoms with E-state index in [0.29, 0.717) is 41.6 Å². The summed E-state index contributed by atoms with van der Waals surface area (Å²) in [6.45, 7) is 3.05. The lowest BCUT2D eigenvalue weighted by atomic mass is 10.0. The van der Waals surface area contributed by atoms with Crippen LogP contribution in [0.3, 0.4) is 0 Å². The fourth-order valence-corrected chi connectivity index (χ4v) is 2.43. The molecule has 7 heteroatoms. The van der Waals surface area contributed by atoms with E-state index >= 15 is 0 Å². The van der Waals surface area contributed by atoms with Crippen molar-refractivity contribution in [3.8, 4) is 0 Å². The number of anilines is 1. The lowest BCUT2D eigenvalue weighted by Gasteiger charge is -2.10. The average Bonchev–Trinajstić information content (AvgIpc) is 2.91. The van der Waals surface area contributed by atoms with E-state index in [-0.39, 0.29) is 5.78 Å². The van der Waals surface area contributed by atoms with E-state index in [2.05, 4.69) is 15.4 Å². The number of nitrogens with two attached hydrogens (primary N) is 2. The number of aromatic nitrogens is 2. The standard InChI is InChI=1S/C17H20N6O/c1-11-9-13(12(19)10-15(11)24)21-16-14-5-2-3-8-23(14)22-17(16)20-7-4-6-18/h2-3,5,8-10H,4,6-7,18-19H2,1H3,(H,20,22). The average molecular weight is 324 g/mol. The quantitative estimate of drug-likeness (QED) is 0.570. The van der Waals surface area contributed by atoms with E-state index in [1.54, 1.807) is 17.5 Å². The van der Waals surface area contributed by atoms with Gasteiger partial charge in [0.1, 0.15) is 5.69 Å². The van der Waals surface area contributed by atoms with Crippen LogP contribution in [0, 0.1) is 0 Å². The first-order valence-electron chi connectivity index (χ1n) is 7.80. The van der Waals surface area contributed by atoms with Crippen LogP contribution in [0.25, 0.3) is 5.52 Å². The Morgan fingerprint density at radius 1 is 1.33 bits per heavy atom. The summed E-state index contributed by atoms with van der Waals surface area (Å²) in [4.78, 5) is 16.4. The van der Waals surface area contributed by atoms with Crippen molar-refractivity contribution in [2.24, 2.45) is 16.5 Å². The molecule has 124 valence electrons. The molecule has 1 aliphatic rings. The van der Waals surface area contributed by atoms with Crippen molar-refractivity contribution in [3.05, 3.63) is 47.8 Å². The molecule has 0 unspecified atom stereocenters. The van der Waals surface area contributed by atoms with Gasteiger partial charge in [0.05, 0.1) is 16.9 Å². The first-order chi connectivity index (χ1) is 11.6. The Hall–Kier alpha value is -2.93. The Labute approximate surface area is 139 Å².